The summed E-state index contributed by atoms with van der Waals surface area (Å²) < 4.78 is 4.42. The Kier molecular flexibility index (Phi) is 2.43. The molecule has 2 unspecified atom stereocenters. The van der Waals surface area contributed by atoms with Gasteiger partial charge in [0.15, 0.2) is 6.04 Å². The summed E-state index contributed by atoms with van der Waals surface area (Å²) in [7, 11) is 1.27. The standard InChI is InChI=1S/C6H10N2O3/c1-11-6(10)5-4(9)2-3-7-8-5/h3-5,8-9H,2H2,1H3. The van der Waals surface area contributed by atoms with Crippen molar-refractivity contribution in [3.05, 3.63) is 0 Å². The smallest absolute Gasteiger partial charge is 0.332 e. The van der Waals surface area contributed by atoms with Gasteiger partial charge in [-0.05, 0) is 0 Å². The van der Waals surface area contributed by atoms with Crippen LogP contribution in [0.3, 0.4) is 0 Å². The molecule has 2 atom stereocenters. The highest BCUT2D eigenvalue weighted by Gasteiger charge is 2.28. The normalized spacial score (nSPS) is 29.3. The van der Waals surface area contributed by atoms with E-state index >= 15 is 0 Å². The Bertz CT molecular complexity index is 181. The molecule has 0 amide bonds. The van der Waals surface area contributed by atoms with Crippen LogP contribution < -0.4 is 5.43 Å². The van der Waals surface area contributed by atoms with Crippen LogP contribution in [0.15, 0.2) is 5.10 Å². The van der Waals surface area contributed by atoms with E-state index in [1.807, 2.05) is 0 Å². The van der Waals surface area contributed by atoms with Gasteiger partial charge in [-0.15, -0.1) is 0 Å². The Morgan fingerprint density at radius 3 is 3.18 bits per heavy atom. The largest absolute Gasteiger partial charge is 0.467 e. The fraction of sp³-hybridized carbons (Fsp3) is 0.667. The predicted octanol–water partition coefficient (Wildman–Crippen LogP) is -1.13. The van der Waals surface area contributed by atoms with Gasteiger partial charge in [-0.3, -0.25) is 5.43 Å². The third-order valence-electron chi connectivity index (χ3n) is 1.49. The number of carbonyl (C=O) groups excluding carboxylic acids is 1. The topological polar surface area (TPSA) is 70.9 Å². The number of aliphatic hydroxyl groups excluding tert-OH is 1. The number of esters is 1. The molecule has 0 aromatic rings. The van der Waals surface area contributed by atoms with Gasteiger partial charge in [-0.2, -0.15) is 5.10 Å². The molecule has 5 nitrogen and oxygen atoms in total. The predicted molar refractivity (Wildman–Crippen MR) is 38.1 cm³/mol. The molecule has 0 aromatic heterocycles. The maximum absolute atomic E-state index is 10.9. The van der Waals surface area contributed by atoms with Crippen LogP contribution in [0, 0.1) is 0 Å². The molecule has 1 rings (SSSR count). The summed E-state index contributed by atoms with van der Waals surface area (Å²) in [5, 5.41) is 12.9. The quantitative estimate of drug-likeness (QED) is 0.473. The van der Waals surface area contributed by atoms with Crippen molar-refractivity contribution in [2.24, 2.45) is 5.10 Å². The van der Waals surface area contributed by atoms with Crippen molar-refractivity contribution in [3.8, 4) is 0 Å². The molecule has 1 aliphatic heterocycles. The van der Waals surface area contributed by atoms with E-state index in [9.17, 15) is 9.90 Å². The van der Waals surface area contributed by atoms with Crippen LogP contribution in [0.4, 0.5) is 0 Å². The molecule has 11 heavy (non-hydrogen) atoms. The lowest BCUT2D eigenvalue weighted by atomic mass is 10.1. The van der Waals surface area contributed by atoms with Crippen LogP contribution in [0.2, 0.25) is 0 Å². The van der Waals surface area contributed by atoms with Gasteiger partial charge >= 0.3 is 5.97 Å². The molecule has 1 heterocycles. The van der Waals surface area contributed by atoms with E-state index in [-0.39, 0.29) is 0 Å². The Morgan fingerprint density at radius 1 is 1.91 bits per heavy atom. The summed E-state index contributed by atoms with van der Waals surface area (Å²) in [5.74, 6) is -0.491. The van der Waals surface area contributed by atoms with E-state index < -0.39 is 18.1 Å². The fourth-order valence-electron chi connectivity index (χ4n) is 0.853. The van der Waals surface area contributed by atoms with Gasteiger partial charge in [0.25, 0.3) is 0 Å². The minimum atomic E-state index is -0.736. The average molecular weight is 158 g/mol. The first-order chi connectivity index (χ1) is 5.25. The number of ether oxygens (including phenoxy) is 1. The van der Waals surface area contributed by atoms with Gasteiger partial charge in [0.1, 0.15) is 0 Å². The minimum absolute atomic E-state index is 0.382. The Hall–Kier alpha value is -1.10. The molecule has 0 radical (unpaired) electrons. The SMILES string of the molecule is COC(=O)C1NN=CCC1O. The van der Waals surface area contributed by atoms with Crippen molar-refractivity contribution in [1.82, 2.24) is 5.43 Å². The van der Waals surface area contributed by atoms with Gasteiger partial charge in [0.2, 0.25) is 0 Å². The lowest BCUT2D eigenvalue weighted by Gasteiger charge is -2.21. The highest BCUT2D eigenvalue weighted by molar-refractivity contribution is 5.78. The van der Waals surface area contributed by atoms with Gasteiger partial charge < -0.3 is 9.84 Å². The van der Waals surface area contributed by atoms with E-state index in [1.54, 1.807) is 0 Å². The molecule has 62 valence electrons. The molecule has 0 spiro atoms. The van der Waals surface area contributed by atoms with Crippen molar-refractivity contribution in [2.45, 2.75) is 18.6 Å². The maximum Gasteiger partial charge on any atom is 0.332 e. The number of rotatable bonds is 1. The molecular formula is C6H10N2O3. The van der Waals surface area contributed by atoms with E-state index in [0.29, 0.717) is 6.42 Å². The summed E-state index contributed by atoms with van der Waals surface area (Å²) in [6, 6.07) is -0.718. The van der Waals surface area contributed by atoms with Crippen molar-refractivity contribution in [3.63, 3.8) is 0 Å². The second-order valence-electron chi connectivity index (χ2n) is 2.24. The molecule has 0 aromatic carbocycles. The van der Waals surface area contributed by atoms with Crippen molar-refractivity contribution >= 4 is 12.2 Å². The molecule has 1 aliphatic rings. The molecule has 0 saturated heterocycles. The van der Waals surface area contributed by atoms with Crippen LogP contribution in [0.25, 0.3) is 0 Å². The molecule has 5 heteroatoms. The van der Waals surface area contributed by atoms with Crippen LogP contribution >= 0.6 is 0 Å². The zero-order chi connectivity index (χ0) is 8.27. The molecule has 0 fully saturated rings. The number of hydrazone groups is 1. The monoisotopic (exact) mass is 158 g/mol. The summed E-state index contributed by atoms with van der Waals surface area (Å²) in [6.07, 6.45) is 1.16. The van der Waals surface area contributed by atoms with Gasteiger partial charge in [-0.25, -0.2) is 4.79 Å². The number of methoxy groups -OCH3 is 1. The zero-order valence-corrected chi connectivity index (χ0v) is 6.15. The van der Waals surface area contributed by atoms with Crippen LogP contribution in [-0.2, 0) is 9.53 Å². The Balaban J connectivity index is 2.56. The second kappa shape index (κ2) is 3.34. The van der Waals surface area contributed by atoms with E-state index in [1.165, 1.54) is 13.3 Å². The number of nitrogens with one attached hydrogen (secondary N) is 1. The first kappa shape index (κ1) is 8.00. The molecule has 0 bridgehead atoms. The summed E-state index contributed by atoms with van der Waals surface area (Å²) >= 11 is 0. The summed E-state index contributed by atoms with van der Waals surface area (Å²) in [5.41, 5.74) is 2.46. The molecule has 0 aliphatic carbocycles. The number of hydrogen-bond donors (Lipinski definition) is 2. The third-order valence-corrected chi connectivity index (χ3v) is 1.49. The molecule has 0 saturated carbocycles. The van der Waals surface area contributed by atoms with E-state index in [0.717, 1.165) is 0 Å². The minimum Gasteiger partial charge on any atom is -0.467 e. The van der Waals surface area contributed by atoms with Crippen molar-refractivity contribution in [2.75, 3.05) is 7.11 Å². The summed E-state index contributed by atoms with van der Waals surface area (Å²) in [4.78, 5) is 10.9. The van der Waals surface area contributed by atoms with Gasteiger partial charge in [-0.1, -0.05) is 0 Å². The average Bonchev–Trinajstić information content (AvgIpc) is 2.04. The van der Waals surface area contributed by atoms with Crippen molar-refractivity contribution in [1.29, 1.82) is 0 Å². The first-order valence-corrected chi connectivity index (χ1v) is 3.28. The highest BCUT2D eigenvalue weighted by atomic mass is 16.5. The maximum atomic E-state index is 10.9. The molecular weight excluding hydrogens is 148 g/mol. The van der Waals surface area contributed by atoms with Crippen molar-refractivity contribution < 1.29 is 14.6 Å². The molecule has 2 N–H and O–H groups in total. The zero-order valence-electron chi connectivity index (χ0n) is 6.15. The van der Waals surface area contributed by atoms with Crippen LogP contribution in [-0.4, -0.2) is 36.5 Å². The van der Waals surface area contributed by atoms with E-state index in [4.69, 9.17) is 0 Å². The number of nitrogens with zero attached hydrogens (tertiary/aromatic N) is 1. The second-order valence-corrected chi connectivity index (χ2v) is 2.24. The van der Waals surface area contributed by atoms with Crippen LogP contribution in [0.1, 0.15) is 6.42 Å². The van der Waals surface area contributed by atoms with Gasteiger partial charge in [0.05, 0.1) is 13.2 Å². The van der Waals surface area contributed by atoms with E-state index in [2.05, 4.69) is 15.3 Å². The summed E-state index contributed by atoms with van der Waals surface area (Å²) in [6.45, 7) is 0. The number of hydrogen-bond acceptors (Lipinski definition) is 5. The number of aliphatic hydroxyl groups is 1. The first-order valence-electron chi connectivity index (χ1n) is 3.28. The third kappa shape index (κ3) is 1.68. The van der Waals surface area contributed by atoms with Crippen LogP contribution in [0.5, 0.6) is 0 Å². The lowest BCUT2D eigenvalue weighted by Crippen LogP contribution is -2.47. The number of carbonyl (C=O) groups is 1. The lowest BCUT2D eigenvalue weighted by molar-refractivity contribution is -0.146. The van der Waals surface area contributed by atoms with Gasteiger partial charge in [0, 0.05) is 12.6 Å². The fourth-order valence-corrected chi connectivity index (χ4v) is 0.853. The Morgan fingerprint density at radius 2 is 2.64 bits per heavy atom. The highest BCUT2D eigenvalue weighted by Crippen LogP contribution is 2.03. The Labute approximate surface area is 64.0 Å².